The number of likely N-dealkylation sites (tertiary alicyclic amines) is 1. The van der Waals surface area contributed by atoms with Crippen LogP contribution in [-0.4, -0.2) is 86.5 Å². The molecule has 0 spiro atoms. The van der Waals surface area contributed by atoms with Gasteiger partial charge in [0.25, 0.3) is 5.91 Å². The van der Waals surface area contributed by atoms with E-state index in [1.807, 2.05) is 6.07 Å². The van der Waals surface area contributed by atoms with Crippen LogP contribution in [0.3, 0.4) is 0 Å². The standard InChI is InChI=1S/C39H43ClFN7O7S2/c1-2-24-16-39(24,36(51)46-57(54,55)25-12-13-25)45-34(49)30-15-23(33-26-9-6-10-28(40)27(26)19-48(33)38(52)53)18-47(30)35(50)32(21-7-4-3-5-8-21)44-37-43-29(20-56-37)22-11-14-31(41)42-17-22/h2,6,9-11,14,17,20-21,23-25,30,32-33H,1,3-5,7-8,12-13,15-16,18-19H2,(H,43,44)(H,45,49)(H,46,51)(H,52,53)/t23-,24-,30+,32?,33?,39-/m1/s1. The van der Waals surface area contributed by atoms with Crippen LogP contribution in [0, 0.1) is 23.7 Å². The lowest BCUT2D eigenvalue weighted by Gasteiger charge is -2.35. The number of amides is 4. The molecule has 4 N–H and O–H groups in total. The highest BCUT2D eigenvalue weighted by Gasteiger charge is 2.62. The van der Waals surface area contributed by atoms with Gasteiger partial charge in [0.15, 0.2) is 5.13 Å². The molecule has 0 bridgehead atoms. The average Bonchev–Trinajstić information content (AvgIpc) is 4.01. The van der Waals surface area contributed by atoms with Crippen molar-refractivity contribution in [3.05, 3.63) is 76.7 Å². The van der Waals surface area contributed by atoms with Gasteiger partial charge in [0.05, 0.1) is 23.5 Å². The number of sulfonamides is 1. The molecule has 2 aliphatic heterocycles. The third kappa shape index (κ3) is 7.60. The summed E-state index contributed by atoms with van der Waals surface area (Å²) in [5, 5.41) is 18.6. The van der Waals surface area contributed by atoms with E-state index in [0.717, 1.165) is 32.1 Å². The van der Waals surface area contributed by atoms with Crippen molar-refractivity contribution in [1.29, 1.82) is 0 Å². The fourth-order valence-corrected chi connectivity index (χ4v) is 11.3. The molecule has 14 nitrogen and oxygen atoms in total. The van der Waals surface area contributed by atoms with Crippen LogP contribution >= 0.6 is 22.9 Å². The highest BCUT2D eigenvalue weighted by atomic mass is 35.5. The highest BCUT2D eigenvalue weighted by Crippen LogP contribution is 2.48. The van der Waals surface area contributed by atoms with Crippen LogP contribution in [-0.2, 0) is 31.0 Å². The van der Waals surface area contributed by atoms with E-state index in [9.17, 15) is 32.3 Å². The van der Waals surface area contributed by atoms with Gasteiger partial charge in [0.2, 0.25) is 27.8 Å². The van der Waals surface area contributed by atoms with Crippen molar-refractivity contribution >= 4 is 61.9 Å². The molecule has 57 heavy (non-hydrogen) atoms. The third-order valence-electron chi connectivity index (χ3n) is 12.2. The average molecular weight is 840 g/mol. The second-order valence-corrected chi connectivity index (χ2v) is 19.0. The lowest BCUT2D eigenvalue weighted by Crippen LogP contribution is -2.58. The minimum atomic E-state index is -3.93. The van der Waals surface area contributed by atoms with Crippen molar-refractivity contribution in [3.63, 3.8) is 0 Å². The molecule has 18 heteroatoms. The van der Waals surface area contributed by atoms with Gasteiger partial charge < -0.3 is 20.6 Å². The normalized spacial score (nSPS) is 26.4. The van der Waals surface area contributed by atoms with Gasteiger partial charge >= 0.3 is 6.09 Å². The van der Waals surface area contributed by atoms with Crippen molar-refractivity contribution in [3.8, 4) is 11.3 Å². The van der Waals surface area contributed by atoms with E-state index >= 15 is 4.79 Å². The lowest BCUT2D eigenvalue weighted by atomic mass is 9.83. The van der Waals surface area contributed by atoms with Gasteiger partial charge in [0, 0.05) is 40.5 Å². The number of fused-ring (bicyclic) bond motifs is 1. The number of nitrogens with one attached hydrogen (secondary N) is 3. The van der Waals surface area contributed by atoms with Gasteiger partial charge in [-0.25, -0.2) is 23.2 Å². The topological polar surface area (TPSA) is 191 Å². The number of hydrogen-bond donors (Lipinski definition) is 4. The molecule has 6 atom stereocenters. The van der Waals surface area contributed by atoms with Crippen LogP contribution in [0.1, 0.15) is 75.0 Å². The van der Waals surface area contributed by atoms with E-state index in [4.69, 9.17) is 16.6 Å². The number of halogens is 2. The van der Waals surface area contributed by atoms with E-state index in [1.54, 1.807) is 23.6 Å². The van der Waals surface area contributed by atoms with Crippen molar-refractivity contribution in [2.75, 3.05) is 11.9 Å². The largest absolute Gasteiger partial charge is 0.465 e. The Kier molecular flexibility index (Phi) is 10.5. The summed E-state index contributed by atoms with van der Waals surface area (Å²) < 4.78 is 41.4. The Morgan fingerprint density at radius 3 is 2.53 bits per heavy atom. The number of carbonyl (C=O) groups excluding carboxylic acids is 3. The molecule has 3 aliphatic carbocycles. The minimum absolute atomic E-state index is 0.0206. The SMILES string of the molecule is C=C[C@@H]1C[C@]1(NC(=O)[C@@H]1C[C@@H](C2c3cccc(Cl)c3CN2C(=O)O)CN1C(=O)C(Nc1nc(-c2ccc(F)nc2)cs1)C1CCCCC1)C(=O)NS(=O)(=O)C1CC1. The van der Waals surface area contributed by atoms with Crippen LogP contribution in [0.25, 0.3) is 11.3 Å². The number of hydrogen-bond acceptors (Lipinski definition) is 10. The van der Waals surface area contributed by atoms with E-state index < -0.39 is 74.6 Å². The third-order valence-corrected chi connectivity index (χ3v) is 15.1. The first-order valence-electron chi connectivity index (χ1n) is 19.2. The zero-order valence-corrected chi connectivity index (χ0v) is 33.3. The predicted octanol–water partition coefficient (Wildman–Crippen LogP) is 5.48. The Hall–Kier alpha value is -4.61. The molecule has 5 aliphatic rings. The summed E-state index contributed by atoms with van der Waals surface area (Å²) in [4.78, 5) is 67.3. The van der Waals surface area contributed by atoms with Crippen molar-refractivity contribution in [1.82, 2.24) is 29.8 Å². The zero-order valence-electron chi connectivity index (χ0n) is 30.9. The van der Waals surface area contributed by atoms with Crippen LogP contribution < -0.4 is 15.4 Å². The molecule has 0 radical (unpaired) electrons. The van der Waals surface area contributed by atoms with E-state index in [-0.39, 0.29) is 37.8 Å². The molecular weight excluding hydrogens is 797 g/mol. The van der Waals surface area contributed by atoms with Crippen molar-refractivity contribution in [2.24, 2.45) is 17.8 Å². The first kappa shape index (κ1) is 39.2. The van der Waals surface area contributed by atoms with Gasteiger partial charge in [0.1, 0.15) is 17.6 Å². The Bertz CT molecular complexity index is 2210. The van der Waals surface area contributed by atoms with Crippen molar-refractivity contribution in [2.45, 2.75) is 93.2 Å². The number of carboxylic acid groups (broad SMARTS) is 1. The molecule has 2 unspecified atom stereocenters. The van der Waals surface area contributed by atoms with Gasteiger partial charge in [-0.15, -0.1) is 17.9 Å². The lowest BCUT2D eigenvalue weighted by molar-refractivity contribution is -0.141. The minimum Gasteiger partial charge on any atom is -0.465 e. The van der Waals surface area contributed by atoms with E-state index in [0.29, 0.717) is 45.4 Å². The van der Waals surface area contributed by atoms with Crippen LogP contribution in [0.15, 0.2) is 54.6 Å². The maximum absolute atomic E-state index is 15.1. The number of anilines is 1. The highest BCUT2D eigenvalue weighted by molar-refractivity contribution is 7.91. The molecular formula is C39H43ClFN7O7S2. The quantitative estimate of drug-likeness (QED) is 0.134. The summed E-state index contributed by atoms with van der Waals surface area (Å²) in [6.07, 6.45) is 7.12. The first-order chi connectivity index (χ1) is 27.3. The van der Waals surface area contributed by atoms with Crippen molar-refractivity contribution < 1.29 is 37.1 Å². The summed E-state index contributed by atoms with van der Waals surface area (Å²) in [5.41, 5.74) is 0.923. The second kappa shape index (κ2) is 15.3. The molecule has 1 aromatic carbocycles. The summed E-state index contributed by atoms with van der Waals surface area (Å²) in [5.74, 6) is -3.70. The maximum Gasteiger partial charge on any atom is 0.408 e. The Morgan fingerprint density at radius 1 is 1.09 bits per heavy atom. The summed E-state index contributed by atoms with van der Waals surface area (Å²) in [7, 11) is -3.93. The number of nitrogens with zero attached hydrogens (tertiary/aromatic N) is 4. The van der Waals surface area contributed by atoms with E-state index in [1.165, 1.54) is 39.5 Å². The fourth-order valence-electron chi connectivity index (χ4n) is 8.92. The van der Waals surface area contributed by atoms with Crippen LogP contribution in [0.5, 0.6) is 0 Å². The van der Waals surface area contributed by atoms with Gasteiger partial charge in [-0.2, -0.15) is 4.39 Å². The number of pyridine rings is 1. The molecule has 8 rings (SSSR count). The maximum atomic E-state index is 15.1. The molecule has 302 valence electrons. The number of rotatable bonds is 12. The van der Waals surface area contributed by atoms with Gasteiger partial charge in [-0.3, -0.25) is 24.0 Å². The Balaban J connectivity index is 1.12. The molecule has 4 amide bonds. The molecule has 2 aromatic heterocycles. The molecule has 4 heterocycles. The van der Waals surface area contributed by atoms with Gasteiger partial charge in [-0.05, 0) is 73.8 Å². The fraction of sp³-hybridized carbons (Fsp3) is 0.487. The Morgan fingerprint density at radius 2 is 1.86 bits per heavy atom. The molecule has 3 saturated carbocycles. The smallest absolute Gasteiger partial charge is 0.408 e. The first-order valence-corrected chi connectivity index (χ1v) is 22.0. The molecule has 1 saturated heterocycles. The zero-order chi connectivity index (χ0) is 40.2. The molecule has 3 aromatic rings. The predicted molar refractivity (Wildman–Crippen MR) is 210 cm³/mol. The summed E-state index contributed by atoms with van der Waals surface area (Å²) in [6, 6.07) is 5.39. The number of carbonyl (C=O) groups is 4. The number of thiazole rings is 1. The monoisotopic (exact) mass is 839 g/mol. The number of aromatic nitrogens is 2. The Labute approximate surface area is 338 Å². The summed E-state index contributed by atoms with van der Waals surface area (Å²) in [6.45, 7) is 3.86. The van der Waals surface area contributed by atoms with Crippen LogP contribution in [0.2, 0.25) is 5.02 Å². The van der Waals surface area contributed by atoms with Gasteiger partial charge in [-0.1, -0.05) is 49.1 Å². The number of benzene rings is 1. The molecule has 4 fully saturated rings. The summed E-state index contributed by atoms with van der Waals surface area (Å²) >= 11 is 7.84. The van der Waals surface area contributed by atoms with E-state index in [2.05, 4.69) is 26.9 Å². The van der Waals surface area contributed by atoms with Crippen LogP contribution in [0.4, 0.5) is 14.3 Å². The second-order valence-electron chi connectivity index (χ2n) is 15.8.